The highest BCUT2D eigenvalue weighted by atomic mass is 16.6. The van der Waals surface area contributed by atoms with Crippen molar-refractivity contribution in [1.29, 1.82) is 0 Å². The first-order valence-electron chi connectivity index (χ1n) is 7.59. The Bertz CT molecular complexity index is 177. The summed E-state index contributed by atoms with van der Waals surface area (Å²) in [7, 11) is 5.07. The summed E-state index contributed by atoms with van der Waals surface area (Å²) >= 11 is 0. The predicted octanol–water partition coefficient (Wildman–Crippen LogP) is 1.51. The summed E-state index contributed by atoms with van der Waals surface area (Å²) < 4.78 is 31.9. The van der Waals surface area contributed by atoms with Crippen molar-refractivity contribution in [3.05, 3.63) is 0 Å². The van der Waals surface area contributed by atoms with E-state index in [-0.39, 0.29) is 6.10 Å². The molecule has 128 valence electrons. The van der Waals surface area contributed by atoms with E-state index in [2.05, 4.69) is 0 Å². The fourth-order valence-corrected chi connectivity index (χ4v) is 1.64. The Morgan fingerprint density at radius 1 is 0.571 bits per heavy atom. The van der Waals surface area contributed by atoms with Crippen LogP contribution in [0.4, 0.5) is 0 Å². The van der Waals surface area contributed by atoms with Gasteiger partial charge in [0.25, 0.3) is 0 Å². The van der Waals surface area contributed by atoms with Crippen molar-refractivity contribution in [3.63, 3.8) is 0 Å². The molecule has 0 radical (unpaired) electrons. The Morgan fingerprint density at radius 3 is 1.43 bits per heavy atom. The number of methoxy groups -OCH3 is 3. The average molecular weight is 308 g/mol. The van der Waals surface area contributed by atoms with Gasteiger partial charge in [0.1, 0.15) is 6.10 Å². The van der Waals surface area contributed by atoms with Gasteiger partial charge in [0, 0.05) is 61.0 Å². The van der Waals surface area contributed by atoms with Gasteiger partial charge in [-0.2, -0.15) is 0 Å². The fourth-order valence-electron chi connectivity index (χ4n) is 1.64. The van der Waals surface area contributed by atoms with Gasteiger partial charge in [-0.1, -0.05) is 0 Å². The highest BCUT2D eigenvalue weighted by Gasteiger charge is 2.10. The minimum absolute atomic E-state index is 0.0352. The molecule has 0 N–H and O–H groups in total. The maximum absolute atomic E-state index is 5.76. The van der Waals surface area contributed by atoms with Crippen molar-refractivity contribution in [2.75, 3.05) is 74.2 Å². The summed E-state index contributed by atoms with van der Waals surface area (Å²) in [5, 5.41) is 0. The Morgan fingerprint density at radius 2 is 1.00 bits per heavy atom. The molecule has 0 aliphatic heterocycles. The van der Waals surface area contributed by atoms with Crippen molar-refractivity contribution in [3.8, 4) is 0 Å². The first kappa shape index (κ1) is 20.8. The zero-order valence-electron chi connectivity index (χ0n) is 13.8. The van der Waals surface area contributed by atoms with Gasteiger partial charge >= 0.3 is 0 Å². The quantitative estimate of drug-likeness (QED) is 0.380. The highest BCUT2D eigenvalue weighted by Crippen LogP contribution is 1.99. The molecule has 6 heteroatoms. The maximum atomic E-state index is 5.76. The van der Waals surface area contributed by atoms with Crippen LogP contribution in [0.5, 0.6) is 0 Å². The minimum Gasteiger partial charge on any atom is -0.385 e. The normalized spacial score (nSPS) is 11.4. The number of rotatable bonds is 17. The molecule has 0 saturated carbocycles. The van der Waals surface area contributed by atoms with Gasteiger partial charge in [-0.3, -0.25) is 0 Å². The standard InChI is InChI=1S/C15H32O6/c1-16-7-4-10-19-13-15(21-12-6-9-18-3)14-20-11-5-8-17-2/h15H,4-14H2,1-3H3. The van der Waals surface area contributed by atoms with E-state index in [4.69, 9.17) is 28.4 Å². The Hall–Kier alpha value is -0.240. The summed E-state index contributed by atoms with van der Waals surface area (Å²) in [4.78, 5) is 0. The summed E-state index contributed by atoms with van der Waals surface area (Å²) in [6, 6.07) is 0. The van der Waals surface area contributed by atoms with Crippen molar-refractivity contribution >= 4 is 0 Å². The topological polar surface area (TPSA) is 55.4 Å². The second-order valence-electron chi connectivity index (χ2n) is 4.68. The van der Waals surface area contributed by atoms with Crippen LogP contribution in [0, 0.1) is 0 Å². The molecule has 6 nitrogen and oxygen atoms in total. The first-order chi connectivity index (χ1) is 10.3. The molecule has 0 bridgehead atoms. The summed E-state index contributed by atoms with van der Waals surface area (Å²) in [5.74, 6) is 0. The van der Waals surface area contributed by atoms with Gasteiger partial charge in [0.05, 0.1) is 13.2 Å². The van der Waals surface area contributed by atoms with Crippen LogP contribution in [0.1, 0.15) is 19.3 Å². The van der Waals surface area contributed by atoms with Gasteiger partial charge < -0.3 is 28.4 Å². The summed E-state index contributed by atoms with van der Waals surface area (Å²) in [6.07, 6.45) is 2.62. The predicted molar refractivity (Wildman–Crippen MR) is 80.9 cm³/mol. The molecule has 0 spiro atoms. The number of hydrogen-bond acceptors (Lipinski definition) is 6. The molecule has 0 aromatic carbocycles. The lowest BCUT2D eigenvalue weighted by Gasteiger charge is -2.18. The minimum atomic E-state index is -0.0352. The van der Waals surface area contributed by atoms with Gasteiger partial charge in [0.2, 0.25) is 0 Å². The smallest absolute Gasteiger partial charge is 0.104 e. The monoisotopic (exact) mass is 308 g/mol. The second kappa shape index (κ2) is 17.8. The highest BCUT2D eigenvalue weighted by molar-refractivity contribution is 4.56. The molecule has 0 rings (SSSR count). The molecule has 0 atom stereocenters. The van der Waals surface area contributed by atoms with E-state index >= 15 is 0 Å². The number of ether oxygens (including phenoxy) is 6. The molecular formula is C15H32O6. The molecule has 0 aromatic rings. The van der Waals surface area contributed by atoms with Crippen LogP contribution >= 0.6 is 0 Å². The van der Waals surface area contributed by atoms with E-state index in [1.165, 1.54) is 0 Å². The van der Waals surface area contributed by atoms with E-state index in [1.54, 1.807) is 21.3 Å². The van der Waals surface area contributed by atoms with E-state index in [1.807, 2.05) is 0 Å². The fraction of sp³-hybridized carbons (Fsp3) is 1.00. The van der Waals surface area contributed by atoms with Gasteiger partial charge in [-0.25, -0.2) is 0 Å². The van der Waals surface area contributed by atoms with Crippen molar-refractivity contribution in [2.45, 2.75) is 25.4 Å². The lowest BCUT2D eigenvalue weighted by atomic mass is 10.4. The van der Waals surface area contributed by atoms with Gasteiger partial charge in [-0.05, 0) is 19.3 Å². The number of hydrogen-bond donors (Lipinski definition) is 0. The lowest BCUT2D eigenvalue weighted by Crippen LogP contribution is -2.27. The van der Waals surface area contributed by atoms with E-state index < -0.39 is 0 Å². The zero-order chi connectivity index (χ0) is 15.6. The molecule has 0 saturated heterocycles. The first-order valence-corrected chi connectivity index (χ1v) is 7.59. The third kappa shape index (κ3) is 16.0. The molecule has 0 aliphatic carbocycles. The molecule has 0 amide bonds. The third-order valence-corrected chi connectivity index (χ3v) is 2.73. The van der Waals surface area contributed by atoms with Gasteiger partial charge in [-0.15, -0.1) is 0 Å². The molecular weight excluding hydrogens is 276 g/mol. The van der Waals surface area contributed by atoms with E-state index in [9.17, 15) is 0 Å². The van der Waals surface area contributed by atoms with Gasteiger partial charge in [0.15, 0.2) is 0 Å². The molecule has 0 unspecified atom stereocenters. The van der Waals surface area contributed by atoms with Crippen LogP contribution in [0.15, 0.2) is 0 Å². The molecule has 21 heavy (non-hydrogen) atoms. The van der Waals surface area contributed by atoms with Crippen LogP contribution in [0.25, 0.3) is 0 Å². The Balaban J connectivity index is 3.69. The average Bonchev–Trinajstić information content (AvgIpc) is 2.50. The second-order valence-corrected chi connectivity index (χ2v) is 4.68. The molecule has 0 fully saturated rings. The molecule has 0 aliphatic rings. The van der Waals surface area contributed by atoms with Crippen LogP contribution in [-0.2, 0) is 28.4 Å². The van der Waals surface area contributed by atoms with Crippen molar-refractivity contribution in [1.82, 2.24) is 0 Å². The Labute approximate surface area is 129 Å². The summed E-state index contributed by atoms with van der Waals surface area (Å²) in [5.41, 5.74) is 0. The van der Waals surface area contributed by atoms with E-state index in [0.717, 1.165) is 19.3 Å². The molecule has 0 heterocycles. The SMILES string of the molecule is COCCCOCC(COCCCOC)OCCCOC. The van der Waals surface area contributed by atoms with Crippen LogP contribution in [0.3, 0.4) is 0 Å². The van der Waals surface area contributed by atoms with Crippen molar-refractivity contribution < 1.29 is 28.4 Å². The lowest BCUT2D eigenvalue weighted by molar-refractivity contribution is -0.0658. The van der Waals surface area contributed by atoms with Crippen molar-refractivity contribution in [2.24, 2.45) is 0 Å². The van der Waals surface area contributed by atoms with Crippen LogP contribution < -0.4 is 0 Å². The summed E-state index contributed by atoms with van der Waals surface area (Å²) in [6.45, 7) is 5.23. The largest absolute Gasteiger partial charge is 0.385 e. The van der Waals surface area contributed by atoms with Crippen LogP contribution in [-0.4, -0.2) is 80.3 Å². The third-order valence-electron chi connectivity index (χ3n) is 2.73. The molecule has 0 aromatic heterocycles. The zero-order valence-corrected chi connectivity index (χ0v) is 13.8. The van der Waals surface area contributed by atoms with Crippen LogP contribution in [0.2, 0.25) is 0 Å². The Kier molecular flexibility index (Phi) is 17.6. The van der Waals surface area contributed by atoms with E-state index in [0.29, 0.717) is 52.9 Å². The maximum Gasteiger partial charge on any atom is 0.104 e.